The first-order valence-corrected chi connectivity index (χ1v) is 11.9. The molecule has 0 aliphatic heterocycles. The molecule has 3 aromatic rings. The lowest BCUT2D eigenvalue weighted by molar-refractivity contribution is -0.119. The van der Waals surface area contributed by atoms with E-state index in [1.807, 2.05) is 36.4 Å². The number of para-hydroxylation sites is 2. The number of hydrogen-bond acceptors (Lipinski definition) is 6. The van der Waals surface area contributed by atoms with E-state index in [0.717, 1.165) is 11.1 Å². The molecule has 2 amide bonds. The van der Waals surface area contributed by atoms with E-state index in [9.17, 15) is 9.59 Å². The smallest absolute Gasteiger partial charge is 0.262 e. The quantitative estimate of drug-likeness (QED) is 0.295. The lowest BCUT2D eigenvalue weighted by Gasteiger charge is -2.10. The van der Waals surface area contributed by atoms with Gasteiger partial charge in [-0.1, -0.05) is 35.9 Å². The molecule has 34 heavy (non-hydrogen) atoms. The lowest BCUT2D eigenvalue weighted by atomic mass is 10.2. The highest BCUT2D eigenvalue weighted by Gasteiger charge is 2.08. The maximum atomic E-state index is 12.1. The first-order valence-electron chi connectivity index (χ1n) is 10.3. The predicted molar refractivity (Wildman–Crippen MR) is 137 cm³/mol. The summed E-state index contributed by atoms with van der Waals surface area (Å²) in [6.07, 6.45) is 1.54. The monoisotopic (exact) mass is 497 g/mol. The molecule has 9 heteroatoms. The van der Waals surface area contributed by atoms with Crippen molar-refractivity contribution in [1.82, 2.24) is 5.43 Å². The van der Waals surface area contributed by atoms with Crippen molar-refractivity contribution >= 4 is 47.1 Å². The van der Waals surface area contributed by atoms with E-state index < -0.39 is 0 Å². The Balaban J connectivity index is 1.37. The fraction of sp³-hybridized carbons (Fsp3) is 0.160. The minimum Gasteiger partial charge on any atom is -0.495 e. The molecule has 7 nitrogen and oxygen atoms in total. The van der Waals surface area contributed by atoms with Crippen LogP contribution in [0.2, 0.25) is 5.02 Å². The first kappa shape index (κ1) is 25.1. The van der Waals surface area contributed by atoms with Crippen LogP contribution >= 0.6 is 23.4 Å². The predicted octanol–water partition coefficient (Wildman–Crippen LogP) is 4.75. The summed E-state index contributed by atoms with van der Waals surface area (Å²) in [6.45, 7) is -0.144. The molecule has 0 aromatic heterocycles. The van der Waals surface area contributed by atoms with Crippen LogP contribution in [-0.4, -0.2) is 37.5 Å². The van der Waals surface area contributed by atoms with Gasteiger partial charge >= 0.3 is 0 Å². The zero-order valence-corrected chi connectivity index (χ0v) is 20.1. The van der Waals surface area contributed by atoms with E-state index >= 15 is 0 Å². The maximum Gasteiger partial charge on any atom is 0.262 e. The number of carbonyl (C=O) groups is 2. The van der Waals surface area contributed by atoms with E-state index in [2.05, 4.69) is 15.8 Å². The molecule has 0 saturated heterocycles. The number of carbonyl (C=O) groups excluding carboxylic acids is 2. The topological polar surface area (TPSA) is 89.0 Å². The molecule has 0 unspecified atom stereocenters. The lowest BCUT2D eigenvalue weighted by Crippen LogP contribution is -2.20. The van der Waals surface area contributed by atoms with Crippen LogP contribution in [0.25, 0.3) is 0 Å². The molecule has 176 valence electrons. The van der Waals surface area contributed by atoms with Crippen LogP contribution in [-0.2, 0) is 15.3 Å². The van der Waals surface area contributed by atoms with Crippen molar-refractivity contribution in [1.29, 1.82) is 0 Å². The van der Waals surface area contributed by atoms with Crippen molar-refractivity contribution in [3.63, 3.8) is 0 Å². The SMILES string of the molecule is COc1ccccc1NC(=O)COc1ccc(/C=N\NC(=O)CSCc2cccc(Cl)c2)cc1. The molecule has 0 saturated carbocycles. The number of anilines is 1. The van der Waals surface area contributed by atoms with E-state index in [0.29, 0.717) is 28.0 Å². The molecule has 0 aliphatic rings. The second kappa shape index (κ2) is 13.3. The minimum absolute atomic E-state index is 0.144. The highest BCUT2D eigenvalue weighted by Crippen LogP contribution is 2.23. The molecule has 3 aromatic carbocycles. The van der Waals surface area contributed by atoms with Gasteiger partial charge in [-0.3, -0.25) is 9.59 Å². The van der Waals surface area contributed by atoms with Gasteiger partial charge in [-0.25, -0.2) is 5.43 Å². The number of methoxy groups -OCH3 is 1. The number of hydrogen-bond donors (Lipinski definition) is 2. The first-order chi connectivity index (χ1) is 16.5. The third-order valence-corrected chi connectivity index (χ3v) is 5.66. The fourth-order valence-electron chi connectivity index (χ4n) is 2.83. The Morgan fingerprint density at radius 1 is 1.03 bits per heavy atom. The van der Waals surface area contributed by atoms with Crippen LogP contribution in [0.5, 0.6) is 11.5 Å². The van der Waals surface area contributed by atoms with Crippen molar-refractivity contribution in [2.24, 2.45) is 5.10 Å². The van der Waals surface area contributed by atoms with Crippen LogP contribution in [0.3, 0.4) is 0 Å². The van der Waals surface area contributed by atoms with Gasteiger partial charge in [0.05, 0.1) is 24.8 Å². The number of hydrazone groups is 1. The van der Waals surface area contributed by atoms with Gasteiger partial charge in [0, 0.05) is 10.8 Å². The number of ether oxygens (including phenoxy) is 2. The van der Waals surface area contributed by atoms with Crippen molar-refractivity contribution in [3.8, 4) is 11.5 Å². The summed E-state index contributed by atoms with van der Waals surface area (Å²) in [5, 5.41) is 7.40. The van der Waals surface area contributed by atoms with Gasteiger partial charge in [0.2, 0.25) is 5.91 Å². The van der Waals surface area contributed by atoms with Crippen molar-refractivity contribution < 1.29 is 19.1 Å². The Hall–Kier alpha value is -3.49. The summed E-state index contributed by atoms with van der Waals surface area (Å²) < 4.78 is 10.7. The molecule has 2 N–H and O–H groups in total. The molecule has 0 bridgehead atoms. The van der Waals surface area contributed by atoms with Crippen LogP contribution in [0.15, 0.2) is 77.9 Å². The number of nitrogens with zero attached hydrogens (tertiary/aromatic N) is 1. The fourth-order valence-corrected chi connectivity index (χ4v) is 3.81. The van der Waals surface area contributed by atoms with Crippen LogP contribution in [0, 0.1) is 0 Å². The van der Waals surface area contributed by atoms with Gasteiger partial charge in [0.15, 0.2) is 6.61 Å². The summed E-state index contributed by atoms with van der Waals surface area (Å²) in [5.41, 5.74) is 4.92. The molecule has 0 heterocycles. The molecule has 0 radical (unpaired) electrons. The van der Waals surface area contributed by atoms with Gasteiger partial charge < -0.3 is 14.8 Å². The largest absolute Gasteiger partial charge is 0.495 e. The van der Waals surface area contributed by atoms with Crippen LogP contribution in [0.4, 0.5) is 5.69 Å². The maximum absolute atomic E-state index is 12.1. The molecule has 0 spiro atoms. The Morgan fingerprint density at radius 2 is 1.82 bits per heavy atom. The highest BCUT2D eigenvalue weighted by atomic mass is 35.5. The van der Waals surface area contributed by atoms with Crippen LogP contribution < -0.4 is 20.2 Å². The van der Waals surface area contributed by atoms with Crippen molar-refractivity contribution in [3.05, 3.63) is 88.9 Å². The van der Waals surface area contributed by atoms with Crippen molar-refractivity contribution in [2.75, 3.05) is 24.8 Å². The van der Waals surface area contributed by atoms with Crippen molar-refractivity contribution in [2.45, 2.75) is 5.75 Å². The average molecular weight is 498 g/mol. The second-order valence-corrected chi connectivity index (χ2v) is 8.44. The summed E-state index contributed by atoms with van der Waals surface area (Å²) in [5.74, 6) is 1.60. The molecule has 0 atom stereocenters. The molecule has 3 rings (SSSR count). The van der Waals surface area contributed by atoms with E-state index in [1.165, 1.54) is 18.0 Å². The zero-order valence-electron chi connectivity index (χ0n) is 18.5. The molecular weight excluding hydrogens is 474 g/mol. The summed E-state index contributed by atoms with van der Waals surface area (Å²) >= 11 is 7.44. The Bertz CT molecular complexity index is 1140. The molecular formula is C25H24ClN3O4S. The Labute approximate surface area is 207 Å². The van der Waals surface area contributed by atoms with Crippen LogP contribution in [0.1, 0.15) is 11.1 Å². The van der Waals surface area contributed by atoms with Gasteiger partial charge in [0.25, 0.3) is 5.91 Å². The van der Waals surface area contributed by atoms with E-state index in [1.54, 1.807) is 43.5 Å². The minimum atomic E-state index is -0.300. The third-order valence-electron chi connectivity index (χ3n) is 4.42. The Morgan fingerprint density at radius 3 is 2.59 bits per heavy atom. The standard InChI is InChI=1S/C25H24ClN3O4S/c1-32-23-8-3-2-7-22(23)28-24(30)15-33-21-11-9-18(10-12-21)14-27-29-25(31)17-34-16-19-5-4-6-20(26)13-19/h2-14H,15-17H2,1H3,(H,28,30)(H,29,31)/b27-14-. The van der Waals surface area contributed by atoms with Gasteiger partial charge in [0.1, 0.15) is 11.5 Å². The number of nitrogens with one attached hydrogen (secondary N) is 2. The van der Waals surface area contributed by atoms with E-state index in [-0.39, 0.29) is 24.2 Å². The molecule has 0 aliphatic carbocycles. The Kier molecular flexibility index (Phi) is 9.81. The highest BCUT2D eigenvalue weighted by molar-refractivity contribution is 7.99. The van der Waals surface area contributed by atoms with Gasteiger partial charge in [-0.2, -0.15) is 5.10 Å². The average Bonchev–Trinajstić information content (AvgIpc) is 2.84. The number of amides is 2. The number of rotatable bonds is 11. The second-order valence-electron chi connectivity index (χ2n) is 7.02. The summed E-state index contributed by atoms with van der Waals surface area (Å²) in [7, 11) is 1.54. The number of halogens is 1. The van der Waals surface area contributed by atoms with E-state index in [4.69, 9.17) is 21.1 Å². The normalized spacial score (nSPS) is 10.6. The van der Waals surface area contributed by atoms with Gasteiger partial charge in [-0.05, 0) is 59.7 Å². The number of thioether (sulfide) groups is 1. The molecule has 0 fully saturated rings. The number of benzene rings is 3. The third kappa shape index (κ3) is 8.46. The zero-order chi connectivity index (χ0) is 24.2. The summed E-state index contributed by atoms with van der Waals surface area (Å²) in [4.78, 5) is 24.1. The van der Waals surface area contributed by atoms with Gasteiger partial charge in [-0.15, -0.1) is 11.8 Å². The summed E-state index contributed by atoms with van der Waals surface area (Å²) in [6, 6.07) is 21.7.